The summed E-state index contributed by atoms with van der Waals surface area (Å²) in [6.45, 7) is 4.51. The second-order valence-electron chi connectivity index (χ2n) is 5.36. The monoisotopic (exact) mass is 370 g/mol. The van der Waals surface area contributed by atoms with Gasteiger partial charge >= 0.3 is 5.97 Å². The number of amides is 1. The summed E-state index contributed by atoms with van der Waals surface area (Å²) in [6.07, 6.45) is -0.0479. The van der Waals surface area contributed by atoms with E-state index in [1.54, 1.807) is 23.1 Å². The Balaban J connectivity index is 1.93. The Morgan fingerprint density at radius 1 is 1.36 bits per heavy atom. The second kappa shape index (κ2) is 7.11. The highest BCUT2D eigenvalue weighted by Gasteiger charge is 2.26. The molecular formula is C15H19BrN2O4. The van der Waals surface area contributed by atoms with Crippen molar-refractivity contribution < 1.29 is 19.1 Å². The third-order valence-corrected chi connectivity index (χ3v) is 3.83. The Kier molecular flexibility index (Phi) is 5.42. The number of benzene rings is 1. The van der Waals surface area contributed by atoms with Gasteiger partial charge in [0, 0.05) is 23.2 Å². The summed E-state index contributed by atoms with van der Waals surface area (Å²) in [6, 6.07) is 4.91. The molecule has 0 aromatic heterocycles. The minimum absolute atomic E-state index is 0.0240. The molecule has 2 rings (SSSR count). The van der Waals surface area contributed by atoms with Crippen molar-refractivity contribution in [3.63, 3.8) is 0 Å². The quantitative estimate of drug-likeness (QED) is 0.648. The van der Waals surface area contributed by atoms with E-state index < -0.39 is 5.97 Å². The van der Waals surface area contributed by atoms with Gasteiger partial charge in [-0.05, 0) is 32.0 Å². The standard InChI is InChI=1S/C15H19BrN2O4/c1-9-6-18(7-10(2)22-9)14(19)8-21-15(20)12-5-11(16)3-4-13(12)17/h3-5,9-10H,6-8,17H2,1-2H3/t9-,10-/m0/s1. The van der Waals surface area contributed by atoms with Gasteiger partial charge < -0.3 is 20.1 Å². The molecule has 120 valence electrons. The highest BCUT2D eigenvalue weighted by Crippen LogP contribution is 2.19. The first kappa shape index (κ1) is 16.8. The van der Waals surface area contributed by atoms with Crippen LogP contribution >= 0.6 is 15.9 Å². The van der Waals surface area contributed by atoms with Gasteiger partial charge in [0.1, 0.15) is 0 Å². The molecule has 0 aliphatic carbocycles. The molecule has 0 saturated carbocycles. The number of nitrogens with two attached hydrogens (primary N) is 1. The lowest BCUT2D eigenvalue weighted by Crippen LogP contribution is -2.49. The molecule has 1 saturated heterocycles. The highest BCUT2D eigenvalue weighted by molar-refractivity contribution is 9.10. The molecule has 2 N–H and O–H groups in total. The van der Waals surface area contributed by atoms with E-state index in [0.717, 1.165) is 4.47 Å². The molecule has 0 radical (unpaired) electrons. The van der Waals surface area contributed by atoms with Crippen molar-refractivity contribution in [3.8, 4) is 0 Å². The van der Waals surface area contributed by atoms with Crippen LogP contribution in [0.3, 0.4) is 0 Å². The SMILES string of the molecule is C[C@H]1CN(C(=O)COC(=O)c2cc(Br)ccc2N)C[C@H](C)O1. The fraction of sp³-hybridized carbons (Fsp3) is 0.467. The summed E-state index contributed by atoms with van der Waals surface area (Å²) in [5.74, 6) is -0.842. The molecule has 1 heterocycles. The molecule has 2 atom stereocenters. The van der Waals surface area contributed by atoms with Gasteiger partial charge in [-0.3, -0.25) is 4.79 Å². The maximum atomic E-state index is 12.1. The van der Waals surface area contributed by atoms with Gasteiger partial charge in [-0.1, -0.05) is 15.9 Å². The lowest BCUT2D eigenvalue weighted by atomic mass is 10.2. The van der Waals surface area contributed by atoms with E-state index in [4.69, 9.17) is 15.2 Å². The first-order chi connectivity index (χ1) is 10.4. The van der Waals surface area contributed by atoms with Crippen LogP contribution in [0, 0.1) is 0 Å². The number of morpholine rings is 1. The van der Waals surface area contributed by atoms with Crippen molar-refractivity contribution in [2.24, 2.45) is 0 Å². The molecule has 1 aromatic rings. The van der Waals surface area contributed by atoms with Gasteiger partial charge in [0.25, 0.3) is 5.91 Å². The Hall–Kier alpha value is -1.60. The molecule has 22 heavy (non-hydrogen) atoms. The first-order valence-electron chi connectivity index (χ1n) is 7.02. The average Bonchev–Trinajstić information content (AvgIpc) is 2.45. The molecule has 7 heteroatoms. The zero-order chi connectivity index (χ0) is 16.3. The average molecular weight is 371 g/mol. The van der Waals surface area contributed by atoms with Gasteiger partial charge in [0.15, 0.2) is 6.61 Å². The van der Waals surface area contributed by atoms with Crippen LogP contribution in [-0.2, 0) is 14.3 Å². The first-order valence-corrected chi connectivity index (χ1v) is 7.81. The molecular weight excluding hydrogens is 352 g/mol. The van der Waals surface area contributed by atoms with E-state index in [-0.39, 0.29) is 30.3 Å². The van der Waals surface area contributed by atoms with Crippen molar-refractivity contribution in [2.75, 3.05) is 25.4 Å². The number of rotatable bonds is 3. The molecule has 6 nitrogen and oxygen atoms in total. The van der Waals surface area contributed by atoms with Crippen molar-refractivity contribution in [1.29, 1.82) is 0 Å². The van der Waals surface area contributed by atoms with E-state index in [0.29, 0.717) is 18.8 Å². The lowest BCUT2D eigenvalue weighted by Gasteiger charge is -2.35. The van der Waals surface area contributed by atoms with Crippen LogP contribution in [-0.4, -0.2) is 48.7 Å². The van der Waals surface area contributed by atoms with E-state index in [9.17, 15) is 9.59 Å². The zero-order valence-electron chi connectivity index (χ0n) is 12.5. The Morgan fingerprint density at radius 2 is 2.00 bits per heavy atom. The summed E-state index contributed by atoms with van der Waals surface area (Å²) in [5.41, 5.74) is 6.30. The Labute approximate surface area is 137 Å². The molecule has 1 aliphatic rings. The predicted octanol–water partition coefficient (Wildman–Crippen LogP) is 1.82. The minimum Gasteiger partial charge on any atom is -0.452 e. The van der Waals surface area contributed by atoms with Crippen LogP contribution in [0.15, 0.2) is 22.7 Å². The largest absolute Gasteiger partial charge is 0.452 e. The Bertz CT molecular complexity index is 569. The van der Waals surface area contributed by atoms with E-state index in [2.05, 4.69) is 15.9 Å². The number of anilines is 1. The van der Waals surface area contributed by atoms with E-state index in [1.165, 1.54) is 0 Å². The number of halogens is 1. The van der Waals surface area contributed by atoms with Crippen LogP contribution in [0.4, 0.5) is 5.69 Å². The summed E-state index contributed by atoms with van der Waals surface area (Å²) in [5, 5.41) is 0. The van der Waals surface area contributed by atoms with Gasteiger partial charge in [-0.15, -0.1) is 0 Å². The maximum absolute atomic E-state index is 12.1. The molecule has 1 amide bonds. The summed E-state index contributed by atoms with van der Waals surface area (Å²) in [4.78, 5) is 25.8. The molecule has 0 unspecified atom stereocenters. The van der Waals surface area contributed by atoms with Crippen LogP contribution in [0.2, 0.25) is 0 Å². The fourth-order valence-electron chi connectivity index (χ4n) is 2.38. The summed E-state index contributed by atoms with van der Waals surface area (Å²) < 4.78 is 11.4. The minimum atomic E-state index is -0.610. The summed E-state index contributed by atoms with van der Waals surface area (Å²) >= 11 is 3.27. The maximum Gasteiger partial charge on any atom is 0.340 e. The van der Waals surface area contributed by atoms with E-state index >= 15 is 0 Å². The number of carbonyl (C=O) groups excluding carboxylic acids is 2. The molecule has 1 aromatic carbocycles. The van der Waals surface area contributed by atoms with E-state index in [1.807, 2.05) is 13.8 Å². The third-order valence-electron chi connectivity index (χ3n) is 3.33. The normalized spacial score (nSPS) is 21.5. The van der Waals surface area contributed by atoms with Crippen molar-refractivity contribution in [1.82, 2.24) is 4.90 Å². The van der Waals surface area contributed by atoms with Crippen LogP contribution in [0.1, 0.15) is 24.2 Å². The molecule has 0 bridgehead atoms. The number of hydrogen-bond acceptors (Lipinski definition) is 5. The van der Waals surface area contributed by atoms with Gasteiger partial charge in [-0.25, -0.2) is 4.79 Å². The van der Waals surface area contributed by atoms with Crippen molar-refractivity contribution in [2.45, 2.75) is 26.1 Å². The van der Waals surface area contributed by atoms with Crippen LogP contribution in [0.5, 0.6) is 0 Å². The van der Waals surface area contributed by atoms with Crippen molar-refractivity contribution >= 4 is 33.5 Å². The van der Waals surface area contributed by atoms with Crippen LogP contribution < -0.4 is 5.73 Å². The topological polar surface area (TPSA) is 81.9 Å². The second-order valence-corrected chi connectivity index (χ2v) is 6.28. The number of ether oxygens (including phenoxy) is 2. The smallest absolute Gasteiger partial charge is 0.340 e. The number of nitrogen functional groups attached to an aromatic ring is 1. The summed E-state index contributed by atoms with van der Waals surface area (Å²) in [7, 11) is 0. The fourth-order valence-corrected chi connectivity index (χ4v) is 2.74. The predicted molar refractivity (Wildman–Crippen MR) is 85.4 cm³/mol. The van der Waals surface area contributed by atoms with Gasteiger partial charge in [-0.2, -0.15) is 0 Å². The number of hydrogen-bond donors (Lipinski definition) is 1. The molecule has 1 aliphatic heterocycles. The van der Waals surface area contributed by atoms with Gasteiger partial charge in [0.2, 0.25) is 0 Å². The van der Waals surface area contributed by atoms with Crippen molar-refractivity contribution in [3.05, 3.63) is 28.2 Å². The zero-order valence-corrected chi connectivity index (χ0v) is 14.1. The number of carbonyl (C=O) groups is 2. The lowest BCUT2D eigenvalue weighted by molar-refractivity contribution is -0.146. The third kappa shape index (κ3) is 4.20. The highest BCUT2D eigenvalue weighted by atomic mass is 79.9. The Morgan fingerprint density at radius 3 is 2.64 bits per heavy atom. The van der Waals surface area contributed by atoms with Crippen LogP contribution in [0.25, 0.3) is 0 Å². The molecule has 1 fully saturated rings. The molecule has 0 spiro atoms. The van der Waals surface area contributed by atoms with Gasteiger partial charge in [0.05, 0.1) is 17.8 Å². The number of esters is 1. The number of nitrogens with zero attached hydrogens (tertiary/aromatic N) is 1.